The molecule has 28 heavy (non-hydrogen) atoms. The number of aliphatic imine (C=N–C) groups is 1. The number of hydrogen-bond acceptors (Lipinski definition) is 4. The van der Waals surface area contributed by atoms with E-state index in [1.165, 1.54) is 31.2 Å². The van der Waals surface area contributed by atoms with Gasteiger partial charge in [0.2, 0.25) is 0 Å². The predicted molar refractivity (Wildman–Crippen MR) is 116 cm³/mol. The Labute approximate surface area is 170 Å². The molecule has 6 nitrogen and oxygen atoms in total. The first-order chi connectivity index (χ1) is 13.7. The number of rotatable bonds is 10. The van der Waals surface area contributed by atoms with Crippen molar-refractivity contribution in [1.82, 2.24) is 20.4 Å². The summed E-state index contributed by atoms with van der Waals surface area (Å²) >= 11 is 0. The molecule has 0 amide bonds. The van der Waals surface area contributed by atoms with Gasteiger partial charge in [0.15, 0.2) is 5.96 Å². The third-order valence-corrected chi connectivity index (χ3v) is 5.91. The minimum absolute atomic E-state index is 0.328. The maximum Gasteiger partial charge on any atom is 0.191 e. The Hall–Kier alpha value is -1.79. The molecule has 1 aliphatic heterocycles. The summed E-state index contributed by atoms with van der Waals surface area (Å²) in [4.78, 5) is 9.56. The van der Waals surface area contributed by atoms with E-state index in [0.717, 1.165) is 57.0 Å². The second-order valence-corrected chi connectivity index (χ2v) is 7.78. The standard InChI is InChI=1S/C22H37N5O/c1-4-26(19-10-11-19)15-12-24-22(23-2)25-17-21(27-13-5-6-14-27)18-8-7-9-20(16-18)28-3/h7-9,16,19,21H,4-6,10-15,17H2,1-3H3,(H2,23,24,25). The smallest absolute Gasteiger partial charge is 0.191 e. The average molecular weight is 388 g/mol. The van der Waals surface area contributed by atoms with Crippen molar-refractivity contribution < 1.29 is 4.74 Å². The lowest BCUT2D eigenvalue weighted by molar-refractivity contribution is 0.244. The first-order valence-corrected chi connectivity index (χ1v) is 10.8. The fourth-order valence-corrected chi connectivity index (χ4v) is 4.13. The van der Waals surface area contributed by atoms with Crippen LogP contribution in [0.3, 0.4) is 0 Å². The van der Waals surface area contributed by atoms with Gasteiger partial charge in [-0.15, -0.1) is 0 Å². The van der Waals surface area contributed by atoms with E-state index in [2.05, 4.69) is 50.5 Å². The van der Waals surface area contributed by atoms with Gasteiger partial charge < -0.3 is 15.4 Å². The molecule has 1 atom stereocenters. The van der Waals surface area contributed by atoms with Crippen molar-refractivity contribution in [3.8, 4) is 5.75 Å². The van der Waals surface area contributed by atoms with Crippen molar-refractivity contribution in [2.75, 3.05) is 53.4 Å². The van der Waals surface area contributed by atoms with Crippen LogP contribution in [0.2, 0.25) is 0 Å². The van der Waals surface area contributed by atoms with Gasteiger partial charge in [-0.05, 0) is 63.0 Å². The molecule has 0 bridgehead atoms. The summed E-state index contributed by atoms with van der Waals surface area (Å²) in [6.45, 7) is 8.54. The Morgan fingerprint density at radius 1 is 1.29 bits per heavy atom. The lowest BCUT2D eigenvalue weighted by Gasteiger charge is -2.29. The van der Waals surface area contributed by atoms with E-state index in [9.17, 15) is 0 Å². The maximum absolute atomic E-state index is 5.45. The van der Waals surface area contributed by atoms with E-state index in [4.69, 9.17) is 4.74 Å². The van der Waals surface area contributed by atoms with Gasteiger partial charge in [0.1, 0.15) is 5.75 Å². The van der Waals surface area contributed by atoms with Crippen LogP contribution in [0.25, 0.3) is 0 Å². The number of likely N-dealkylation sites (N-methyl/N-ethyl adjacent to an activating group) is 1. The summed E-state index contributed by atoms with van der Waals surface area (Å²) in [6.07, 6.45) is 5.28. The molecular weight excluding hydrogens is 350 g/mol. The van der Waals surface area contributed by atoms with Crippen molar-refractivity contribution in [2.45, 2.75) is 44.7 Å². The van der Waals surface area contributed by atoms with Crippen LogP contribution in [-0.4, -0.2) is 75.2 Å². The second-order valence-electron chi connectivity index (χ2n) is 7.78. The summed E-state index contributed by atoms with van der Waals surface area (Å²) in [5, 5.41) is 7.05. The van der Waals surface area contributed by atoms with Crippen LogP contribution < -0.4 is 15.4 Å². The summed E-state index contributed by atoms with van der Waals surface area (Å²) in [7, 11) is 3.58. The van der Waals surface area contributed by atoms with Gasteiger partial charge in [-0.25, -0.2) is 0 Å². The van der Waals surface area contributed by atoms with E-state index in [1.54, 1.807) is 7.11 Å². The number of benzene rings is 1. The van der Waals surface area contributed by atoms with Crippen molar-refractivity contribution >= 4 is 5.96 Å². The lowest BCUT2D eigenvalue weighted by Crippen LogP contribution is -2.45. The summed E-state index contributed by atoms with van der Waals surface area (Å²) in [5.41, 5.74) is 1.30. The van der Waals surface area contributed by atoms with Crippen LogP contribution in [0, 0.1) is 0 Å². The highest BCUT2D eigenvalue weighted by Gasteiger charge is 2.27. The summed E-state index contributed by atoms with van der Waals surface area (Å²) < 4.78 is 5.45. The average Bonchev–Trinajstić information content (AvgIpc) is 3.44. The number of nitrogens with zero attached hydrogens (tertiary/aromatic N) is 3. The number of nitrogens with one attached hydrogen (secondary N) is 2. The fraction of sp³-hybridized carbons (Fsp3) is 0.682. The number of likely N-dealkylation sites (tertiary alicyclic amines) is 1. The molecule has 1 saturated heterocycles. The molecule has 1 aliphatic carbocycles. The molecule has 3 rings (SSSR count). The zero-order chi connectivity index (χ0) is 19.8. The van der Waals surface area contributed by atoms with Crippen LogP contribution in [0.1, 0.15) is 44.2 Å². The molecule has 2 aliphatic rings. The van der Waals surface area contributed by atoms with Gasteiger partial charge in [0, 0.05) is 32.7 Å². The Bertz CT molecular complexity index is 625. The third-order valence-electron chi connectivity index (χ3n) is 5.91. The van der Waals surface area contributed by atoms with Gasteiger partial charge in [-0.2, -0.15) is 0 Å². The predicted octanol–water partition coefficient (Wildman–Crippen LogP) is 2.48. The van der Waals surface area contributed by atoms with E-state index in [0.29, 0.717) is 6.04 Å². The molecule has 0 radical (unpaired) electrons. The van der Waals surface area contributed by atoms with Gasteiger partial charge in [-0.1, -0.05) is 19.1 Å². The molecular formula is C22H37N5O. The normalized spacial score (nSPS) is 19.1. The Morgan fingerprint density at radius 3 is 2.71 bits per heavy atom. The van der Waals surface area contributed by atoms with E-state index < -0.39 is 0 Å². The minimum Gasteiger partial charge on any atom is -0.497 e. The topological polar surface area (TPSA) is 52.1 Å². The first-order valence-electron chi connectivity index (χ1n) is 10.8. The quantitative estimate of drug-likeness (QED) is 0.477. The first kappa shape index (κ1) is 20.9. The van der Waals surface area contributed by atoms with Crippen molar-refractivity contribution in [2.24, 2.45) is 4.99 Å². The van der Waals surface area contributed by atoms with E-state index >= 15 is 0 Å². The highest BCUT2D eigenvalue weighted by atomic mass is 16.5. The number of ether oxygens (including phenoxy) is 1. The molecule has 156 valence electrons. The molecule has 1 saturated carbocycles. The molecule has 0 aromatic heterocycles. The molecule has 2 fully saturated rings. The van der Waals surface area contributed by atoms with Crippen molar-refractivity contribution in [3.05, 3.63) is 29.8 Å². The Kier molecular flexibility index (Phi) is 7.98. The third kappa shape index (κ3) is 5.85. The highest BCUT2D eigenvalue weighted by molar-refractivity contribution is 5.79. The number of methoxy groups -OCH3 is 1. The summed E-state index contributed by atoms with van der Waals surface area (Å²) in [6, 6.07) is 9.61. The number of guanidine groups is 1. The van der Waals surface area contributed by atoms with Crippen LogP contribution in [-0.2, 0) is 0 Å². The zero-order valence-electron chi connectivity index (χ0n) is 17.8. The molecule has 1 aromatic carbocycles. The molecule has 0 spiro atoms. The maximum atomic E-state index is 5.45. The SMILES string of the molecule is CCN(CCNC(=NC)NCC(c1cccc(OC)c1)N1CCCC1)C1CC1. The summed E-state index contributed by atoms with van der Waals surface area (Å²) in [5.74, 6) is 1.81. The van der Waals surface area contributed by atoms with Gasteiger partial charge in [0.05, 0.1) is 13.2 Å². The second kappa shape index (κ2) is 10.7. The highest BCUT2D eigenvalue weighted by Crippen LogP contribution is 2.27. The van der Waals surface area contributed by atoms with Gasteiger partial charge in [0.25, 0.3) is 0 Å². The van der Waals surface area contributed by atoms with Crippen molar-refractivity contribution in [3.63, 3.8) is 0 Å². The Morgan fingerprint density at radius 2 is 2.07 bits per heavy atom. The molecule has 1 aromatic rings. The zero-order valence-corrected chi connectivity index (χ0v) is 17.8. The fourth-order valence-electron chi connectivity index (χ4n) is 4.13. The van der Waals surface area contributed by atoms with Crippen LogP contribution in [0.5, 0.6) is 5.75 Å². The van der Waals surface area contributed by atoms with Crippen molar-refractivity contribution in [1.29, 1.82) is 0 Å². The van der Waals surface area contributed by atoms with Gasteiger partial charge in [-0.3, -0.25) is 14.8 Å². The van der Waals surface area contributed by atoms with E-state index in [-0.39, 0.29) is 0 Å². The molecule has 1 heterocycles. The van der Waals surface area contributed by atoms with E-state index in [1.807, 2.05) is 13.1 Å². The molecule has 2 N–H and O–H groups in total. The van der Waals surface area contributed by atoms with Gasteiger partial charge >= 0.3 is 0 Å². The lowest BCUT2D eigenvalue weighted by atomic mass is 10.1. The van der Waals surface area contributed by atoms with Crippen LogP contribution >= 0.6 is 0 Å². The minimum atomic E-state index is 0.328. The molecule has 1 unspecified atom stereocenters. The Balaban J connectivity index is 1.55. The molecule has 6 heteroatoms. The van der Waals surface area contributed by atoms with Crippen LogP contribution in [0.15, 0.2) is 29.3 Å². The largest absolute Gasteiger partial charge is 0.497 e. The monoisotopic (exact) mass is 387 g/mol. The van der Waals surface area contributed by atoms with Crippen LogP contribution in [0.4, 0.5) is 0 Å². The number of hydrogen-bond donors (Lipinski definition) is 2.